The average molecular weight is 269 g/mol. The normalized spacial score (nSPS) is 11.7. The summed E-state index contributed by atoms with van der Waals surface area (Å²) in [4.78, 5) is 3.99. The molecule has 0 saturated heterocycles. The van der Waals surface area contributed by atoms with E-state index in [9.17, 15) is 13.5 Å². The van der Waals surface area contributed by atoms with E-state index in [0.717, 1.165) is 6.26 Å². The Hall–Kier alpha value is -1.93. The lowest BCUT2D eigenvalue weighted by atomic mass is 10.2. The summed E-state index contributed by atoms with van der Waals surface area (Å²) in [5.41, 5.74) is 5.51. The Morgan fingerprint density at radius 2 is 2.17 bits per heavy atom. The van der Waals surface area contributed by atoms with Crippen molar-refractivity contribution >= 4 is 9.84 Å². The lowest BCUT2D eigenvalue weighted by Crippen LogP contribution is -1.98. The van der Waals surface area contributed by atoms with E-state index in [2.05, 4.69) is 10.1 Å². The molecule has 0 spiro atoms. The zero-order valence-corrected chi connectivity index (χ0v) is 10.3. The molecule has 0 saturated carbocycles. The lowest BCUT2D eigenvalue weighted by Gasteiger charge is -2.02. The Labute approximate surface area is 103 Å². The highest BCUT2D eigenvalue weighted by Crippen LogP contribution is 2.29. The third kappa shape index (κ3) is 2.34. The molecule has 0 aliphatic carbocycles. The molecule has 0 atom stereocenters. The summed E-state index contributed by atoms with van der Waals surface area (Å²) < 4.78 is 27.6. The molecule has 0 aliphatic rings. The molecule has 1 heterocycles. The number of rotatable bonds is 3. The molecule has 0 unspecified atom stereocenters. The quantitative estimate of drug-likeness (QED) is 0.822. The molecule has 1 aromatic heterocycles. The fraction of sp³-hybridized carbons (Fsp3) is 0.200. The summed E-state index contributed by atoms with van der Waals surface area (Å²) in [5.74, 6) is 0.166. The third-order valence-electron chi connectivity index (χ3n) is 2.28. The smallest absolute Gasteiger partial charge is 0.240 e. The van der Waals surface area contributed by atoms with Crippen LogP contribution in [0.5, 0.6) is 5.75 Å². The molecule has 7 nitrogen and oxygen atoms in total. The van der Waals surface area contributed by atoms with E-state index >= 15 is 0 Å². The van der Waals surface area contributed by atoms with Crippen LogP contribution < -0.4 is 5.73 Å². The van der Waals surface area contributed by atoms with E-state index in [1.54, 1.807) is 0 Å². The molecule has 0 fully saturated rings. The van der Waals surface area contributed by atoms with Gasteiger partial charge in [-0.15, -0.1) is 0 Å². The van der Waals surface area contributed by atoms with Crippen molar-refractivity contribution in [1.29, 1.82) is 0 Å². The minimum absolute atomic E-state index is 0.0643. The van der Waals surface area contributed by atoms with E-state index in [1.807, 2.05) is 0 Å². The van der Waals surface area contributed by atoms with Crippen molar-refractivity contribution in [1.82, 2.24) is 10.1 Å². The second kappa shape index (κ2) is 4.39. The molecule has 96 valence electrons. The predicted octanol–water partition coefficient (Wildman–Crippen LogP) is 0.304. The van der Waals surface area contributed by atoms with Crippen LogP contribution in [0.1, 0.15) is 5.89 Å². The summed E-state index contributed by atoms with van der Waals surface area (Å²) in [6, 6.07) is 3.86. The van der Waals surface area contributed by atoms with Crippen LogP contribution in [0.25, 0.3) is 11.4 Å². The first-order valence-corrected chi connectivity index (χ1v) is 6.87. The van der Waals surface area contributed by atoms with Crippen LogP contribution >= 0.6 is 0 Å². The van der Waals surface area contributed by atoms with Gasteiger partial charge in [0.05, 0.1) is 17.0 Å². The SMILES string of the molecule is CS(=O)(=O)c1ccc(O)c(-c2noc(CN)n2)c1. The number of aromatic hydroxyl groups is 1. The van der Waals surface area contributed by atoms with Gasteiger partial charge in [-0.2, -0.15) is 4.98 Å². The largest absolute Gasteiger partial charge is 0.507 e. The fourth-order valence-electron chi connectivity index (χ4n) is 1.37. The first-order valence-electron chi connectivity index (χ1n) is 4.98. The van der Waals surface area contributed by atoms with Crippen LogP contribution in [0.4, 0.5) is 0 Å². The number of hydrogen-bond acceptors (Lipinski definition) is 7. The Morgan fingerprint density at radius 3 is 2.72 bits per heavy atom. The number of aromatic nitrogens is 2. The second-order valence-corrected chi connectivity index (χ2v) is 5.68. The molecule has 18 heavy (non-hydrogen) atoms. The lowest BCUT2D eigenvalue weighted by molar-refractivity contribution is 0.380. The van der Waals surface area contributed by atoms with Crippen LogP contribution in [-0.4, -0.2) is 29.9 Å². The maximum absolute atomic E-state index is 11.4. The Morgan fingerprint density at radius 1 is 1.44 bits per heavy atom. The van der Waals surface area contributed by atoms with Gasteiger partial charge in [0, 0.05) is 6.26 Å². The van der Waals surface area contributed by atoms with Gasteiger partial charge in [0.1, 0.15) is 5.75 Å². The van der Waals surface area contributed by atoms with Gasteiger partial charge in [-0.1, -0.05) is 5.16 Å². The van der Waals surface area contributed by atoms with Crippen LogP contribution in [0.15, 0.2) is 27.6 Å². The first-order chi connectivity index (χ1) is 8.41. The highest BCUT2D eigenvalue weighted by atomic mass is 32.2. The standard InChI is InChI=1S/C10H11N3O4S/c1-18(15,16)6-2-3-8(14)7(4-6)10-12-9(5-11)17-13-10/h2-4,14H,5,11H2,1H3. The summed E-state index contributed by atoms with van der Waals surface area (Å²) in [7, 11) is -3.37. The minimum atomic E-state index is -3.37. The molecule has 0 aliphatic heterocycles. The van der Waals surface area contributed by atoms with Crippen LogP contribution in [0.2, 0.25) is 0 Å². The molecule has 2 aromatic rings. The average Bonchev–Trinajstić information content (AvgIpc) is 2.76. The maximum Gasteiger partial charge on any atom is 0.240 e. The molecule has 1 aromatic carbocycles. The summed E-state index contributed by atoms with van der Waals surface area (Å²) >= 11 is 0. The van der Waals surface area contributed by atoms with E-state index in [4.69, 9.17) is 10.3 Å². The molecule has 0 radical (unpaired) electrons. The van der Waals surface area contributed by atoms with Crippen LogP contribution in [-0.2, 0) is 16.4 Å². The Balaban J connectivity index is 2.56. The molecular formula is C10H11N3O4S. The molecule has 2 rings (SSSR count). The van der Waals surface area contributed by atoms with E-state index < -0.39 is 9.84 Å². The van der Waals surface area contributed by atoms with Crippen molar-refractivity contribution in [3.05, 3.63) is 24.1 Å². The van der Waals surface area contributed by atoms with E-state index in [1.165, 1.54) is 18.2 Å². The molecule has 3 N–H and O–H groups in total. The van der Waals surface area contributed by atoms with Gasteiger partial charge in [-0.05, 0) is 18.2 Å². The van der Waals surface area contributed by atoms with E-state index in [-0.39, 0.29) is 34.5 Å². The first kappa shape index (κ1) is 12.5. The van der Waals surface area contributed by atoms with Crippen molar-refractivity contribution in [3.8, 4) is 17.1 Å². The zero-order chi connectivity index (χ0) is 13.3. The maximum atomic E-state index is 11.4. The topological polar surface area (TPSA) is 119 Å². The Bertz CT molecular complexity index is 678. The summed E-state index contributed by atoms with van der Waals surface area (Å²) in [6.45, 7) is 0.0690. The highest BCUT2D eigenvalue weighted by molar-refractivity contribution is 7.90. The summed E-state index contributed by atoms with van der Waals surface area (Å²) in [5, 5.41) is 13.3. The van der Waals surface area contributed by atoms with Gasteiger partial charge in [-0.3, -0.25) is 0 Å². The number of phenols is 1. The van der Waals surface area contributed by atoms with Gasteiger partial charge >= 0.3 is 0 Å². The molecular weight excluding hydrogens is 258 g/mol. The molecule has 0 amide bonds. The van der Waals surface area contributed by atoms with Gasteiger partial charge < -0.3 is 15.4 Å². The third-order valence-corrected chi connectivity index (χ3v) is 3.39. The minimum Gasteiger partial charge on any atom is -0.507 e. The summed E-state index contributed by atoms with van der Waals surface area (Å²) in [6.07, 6.45) is 1.07. The number of nitrogens with zero attached hydrogens (tertiary/aromatic N) is 2. The van der Waals surface area contributed by atoms with E-state index in [0.29, 0.717) is 0 Å². The van der Waals surface area contributed by atoms with Gasteiger partial charge in [0.2, 0.25) is 11.7 Å². The van der Waals surface area contributed by atoms with Crippen molar-refractivity contribution in [3.63, 3.8) is 0 Å². The molecule has 0 bridgehead atoms. The Kier molecular flexibility index (Phi) is 3.05. The molecule has 8 heteroatoms. The van der Waals surface area contributed by atoms with Crippen LogP contribution in [0.3, 0.4) is 0 Å². The monoisotopic (exact) mass is 269 g/mol. The van der Waals surface area contributed by atoms with Gasteiger partial charge in [0.25, 0.3) is 0 Å². The zero-order valence-electron chi connectivity index (χ0n) is 9.49. The number of phenolic OH excluding ortho intramolecular Hbond substituents is 1. The van der Waals surface area contributed by atoms with Crippen molar-refractivity contribution in [2.75, 3.05) is 6.26 Å². The highest BCUT2D eigenvalue weighted by Gasteiger charge is 2.16. The van der Waals surface area contributed by atoms with Crippen molar-refractivity contribution in [2.24, 2.45) is 5.73 Å². The number of sulfone groups is 1. The number of hydrogen-bond donors (Lipinski definition) is 2. The number of benzene rings is 1. The second-order valence-electron chi connectivity index (χ2n) is 3.67. The van der Waals surface area contributed by atoms with Crippen LogP contribution in [0, 0.1) is 0 Å². The van der Waals surface area contributed by atoms with Gasteiger partial charge in [0.15, 0.2) is 9.84 Å². The van der Waals surface area contributed by atoms with Crippen molar-refractivity contribution < 1.29 is 18.0 Å². The fourth-order valence-corrected chi connectivity index (χ4v) is 2.02. The van der Waals surface area contributed by atoms with Gasteiger partial charge in [-0.25, -0.2) is 8.42 Å². The van der Waals surface area contributed by atoms with Crippen molar-refractivity contribution in [2.45, 2.75) is 11.4 Å². The predicted molar refractivity (Wildman–Crippen MR) is 62.4 cm³/mol. The number of nitrogens with two attached hydrogens (primary N) is 1.